The van der Waals surface area contributed by atoms with Gasteiger partial charge in [-0.3, -0.25) is 9.59 Å². The molecule has 0 saturated heterocycles. The highest BCUT2D eigenvalue weighted by molar-refractivity contribution is 7.98. The predicted molar refractivity (Wildman–Crippen MR) is 99.2 cm³/mol. The van der Waals surface area contributed by atoms with Crippen LogP contribution in [-0.2, 0) is 14.4 Å². The molecule has 0 saturated carbocycles. The standard InChI is InChI=1S/C14H28N4O4S2/c1-24-7-5-9(16)12(19)17-10(4-2-3-6-15)13(20)18-11(8-23)14(21)22/h9-11,23H,2-8,15-16H2,1H3,(H,17,19)(H,18,20)(H,21,22)/t9-,10-,11-/m0/s1. The van der Waals surface area contributed by atoms with E-state index in [1.807, 2.05) is 6.26 Å². The molecule has 0 aromatic carbocycles. The van der Waals surface area contributed by atoms with Crippen LogP contribution in [0.3, 0.4) is 0 Å². The highest BCUT2D eigenvalue weighted by Gasteiger charge is 2.26. The van der Waals surface area contributed by atoms with Gasteiger partial charge in [0.25, 0.3) is 0 Å². The number of carboxylic acids is 1. The van der Waals surface area contributed by atoms with Gasteiger partial charge in [-0.25, -0.2) is 4.79 Å². The summed E-state index contributed by atoms with van der Waals surface area (Å²) in [5, 5.41) is 14.0. The summed E-state index contributed by atoms with van der Waals surface area (Å²) in [7, 11) is 0. The van der Waals surface area contributed by atoms with E-state index in [9.17, 15) is 14.4 Å². The van der Waals surface area contributed by atoms with E-state index >= 15 is 0 Å². The highest BCUT2D eigenvalue weighted by Crippen LogP contribution is 2.04. The fraction of sp³-hybridized carbons (Fsp3) is 0.786. The van der Waals surface area contributed by atoms with Crippen LogP contribution in [0.5, 0.6) is 0 Å². The number of thiol groups is 1. The van der Waals surface area contributed by atoms with Gasteiger partial charge < -0.3 is 27.2 Å². The number of carboxylic acid groups (broad SMARTS) is 1. The average Bonchev–Trinajstić information content (AvgIpc) is 2.55. The second-order valence-corrected chi connectivity index (χ2v) is 6.67. The van der Waals surface area contributed by atoms with Crippen molar-refractivity contribution in [3.05, 3.63) is 0 Å². The Hall–Kier alpha value is -0.970. The number of unbranched alkanes of at least 4 members (excludes halogenated alkanes) is 1. The fourth-order valence-corrected chi connectivity index (χ4v) is 2.61. The van der Waals surface area contributed by atoms with Gasteiger partial charge in [0, 0.05) is 5.75 Å². The van der Waals surface area contributed by atoms with Crippen LogP contribution in [0.4, 0.5) is 0 Å². The third-order valence-electron chi connectivity index (χ3n) is 3.35. The summed E-state index contributed by atoms with van der Waals surface area (Å²) in [5.74, 6) is -1.47. The van der Waals surface area contributed by atoms with Crippen molar-refractivity contribution in [3.63, 3.8) is 0 Å². The maximum absolute atomic E-state index is 12.3. The van der Waals surface area contributed by atoms with Gasteiger partial charge in [-0.15, -0.1) is 0 Å². The van der Waals surface area contributed by atoms with Crippen LogP contribution in [0.2, 0.25) is 0 Å². The minimum absolute atomic E-state index is 0.0439. The molecule has 0 aliphatic rings. The van der Waals surface area contributed by atoms with Crippen molar-refractivity contribution in [2.75, 3.05) is 24.3 Å². The predicted octanol–water partition coefficient (Wildman–Crippen LogP) is -0.820. The van der Waals surface area contributed by atoms with Crippen molar-refractivity contribution in [1.29, 1.82) is 0 Å². The largest absolute Gasteiger partial charge is 0.480 e. The fourth-order valence-electron chi connectivity index (χ4n) is 1.87. The van der Waals surface area contributed by atoms with Crippen LogP contribution in [0.15, 0.2) is 0 Å². The lowest BCUT2D eigenvalue weighted by Gasteiger charge is -2.22. The number of hydrogen-bond donors (Lipinski definition) is 6. The van der Waals surface area contributed by atoms with E-state index in [4.69, 9.17) is 16.6 Å². The van der Waals surface area contributed by atoms with Crippen LogP contribution >= 0.6 is 24.4 Å². The summed E-state index contributed by atoms with van der Waals surface area (Å²) in [6.07, 6.45) is 4.11. The first-order chi connectivity index (χ1) is 11.4. The smallest absolute Gasteiger partial charge is 0.327 e. The Morgan fingerprint density at radius 3 is 2.25 bits per heavy atom. The zero-order valence-corrected chi connectivity index (χ0v) is 15.6. The number of aliphatic carboxylic acids is 1. The number of carbonyl (C=O) groups is 3. The van der Waals surface area contributed by atoms with Gasteiger partial charge >= 0.3 is 5.97 Å². The zero-order valence-electron chi connectivity index (χ0n) is 13.9. The first kappa shape index (κ1) is 23.0. The van der Waals surface area contributed by atoms with Crippen LogP contribution in [0.25, 0.3) is 0 Å². The topological polar surface area (TPSA) is 148 Å². The molecule has 0 aliphatic heterocycles. The van der Waals surface area contributed by atoms with Crippen molar-refractivity contribution in [2.24, 2.45) is 11.5 Å². The Bertz CT molecular complexity index is 412. The molecule has 0 aromatic rings. The van der Waals surface area contributed by atoms with E-state index in [0.29, 0.717) is 32.2 Å². The molecule has 0 radical (unpaired) electrons. The van der Waals surface area contributed by atoms with Crippen molar-refractivity contribution in [1.82, 2.24) is 10.6 Å². The number of thioether (sulfide) groups is 1. The third kappa shape index (κ3) is 9.36. The van der Waals surface area contributed by atoms with Crippen molar-refractivity contribution >= 4 is 42.2 Å². The molecule has 0 rings (SSSR count). The lowest BCUT2D eigenvalue weighted by Crippen LogP contribution is -2.54. The molecule has 0 bridgehead atoms. The molecule has 0 unspecified atom stereocenters. The summed E-state index contributed by atoms with van der Waals surface area (Å²) in [6, 6.07) is -2.66. The maximum Gasteiger partial charge on any atom is 0.327 e. The first-order valence-electron chi connectivity index (χ1n) is 7.76. The van der Waals surface area contributed by atoms with Crippen molar-refractivity contribution < 1.29 is 19.5 Å². The van der Waals surface area contributed by atoms with Crippen LogP contribution in [0.1, 0.15) is 25.7 Å². The van der Waals surface area contributed by atoms with Gasteiger partial charge in [0.1, 0.15) is 12.1 Å². The van der Waals surface area contributed by atoms with Crippen molar-refractivity contribution in [2.45, 2.75) is 43.8 Å². The van der Waals surface area contributed by atoms with E-state index < -0.39 is 35.9 Å². The molecule has 10 heteroatoms. The lowest BCUT2D eigenvalue weighted by molar-refractivity contribution is -0.141. The van der Waals surface area contributed by atoms with E-state index in [1.165, 1.54) is 0 Å². The molecule has 0 aliphatic carbocycles. The second kappa shape index (κ2) is 13.3. The van der Waals surface area contributed by atoms with E-state index in [-0.39, 0.29) is 5.75 Å². The normalized spacial score (nSPS) is 14.5. The number of amides is 2. The van der Waals surface area contributed by atoms with Gasteiger partial charge in [0.2, 0.25) is 11.8 Å². The third-order valence-corrected chi connectivity index (χ3v) is 4.36. The van der Waals surface area contributed by atoms with E-state index in [1.54, 1.807) is 11.8 Å². The number of rotatable bonds is 13. The molecule has 140 valence electrons. The molecule has 24 heavy (non-hydrogen) atoms. The Kier molecular flexibility index (Phi) is 12.8. The van der Waals surface area contributed by atoms with Crippen LogP contribution in [0, 0.1) is 0 Å². The van der Waals surface area contributed by atoms with Gasteiger partial charge in [-0.2, -0.15) is 24.4 Å². The number of nitrogens with two attached hydrogens (primary N) is 2. The summed E-state index contributed by atoms with van der Waals surface area (Å²) >= 11 is 5.48. The molecular weight excluding hydrogens is 352 g/mol. The molecule has 2 amide bonds. The summed E-state index contributed by atoms with van der Waals surface area (Å²) < 4.78 is 0. The molecule has 3 atom stereocenters. The Labute approximate surface area is 152 Å². The monoisotopic (exact) mass is 380 g/mol. The number of hydrogen-bond acceptors (Lipinski definition) is 7. The van der Waals surface area contributed by atoms with Crippen LogP contribution < -0.4 is 22.1 Å². The summed E-state index contributed by atoms with van der Waals surface area (Å²) in [5.41, 5.74) is 11.2. The van der Waals surface area contributed by atoms with Gasteiger partial charge in [0.15, 0.2) is 0 Å². The lowest BCUT2D eigenvalue weighted by atomic mass is 10.1. The quantitative estimate of drug-likeness (QED) is 0.181. The summed E-state index contributed by atoms with van der Waals surface area (Å²) in [6.45, 7) is 0.476. The van der Waals surface area contributed by atoms with E-state index in [0.717, 1.165) is 5.75 Å². The number of carbonyl (C=O) groups excluding carboxylic acids is 2. The molecule has 7 N–H and O–H groups in total. The molecule has 0 fully saturated rings. The Morgan fingerprint density at radius 2 is 1.75 bits per heavy atom. The first-order valence-corrected chi connectivity index (χ1v) is 9.79. The molecule has 0 spiro atoms. The Balaban J connectivity index is 4.79. The van der Waals surface area contributed by atoms with Crippen molar-refractivity contribution in [3.8, 4) is 0 Å². The zero-order chi connectivity index (χ0) is 18.5. The molecule has 0 heterocycles. The number of nitrogens with one attached hydrogen (secondary N) is 2. The highest BCUT2D eigenvalue weighted by atomic mass is 32.2. The molecule has 0 aromatic heterocycles. The molecular formula is C14H28N4O4S2. The minimum atomic E-state index is -1.18. The Morgan fingerprint density at radius 1 is 1.12 bits per heavy atom. The second-order valence-electron chi connectivity index (χ2n) is 5.32. The van der Waals surface area contributed by atoms with Gasteiger partial charge in [-0.05, 0) is 44.2 Å². The summed E-state index contributed by atoms with van der Waals surface area (Å²) in [4.78, 5) is 35.4. The average molecular weight is 381 g/mol. The van der Waals surface area contributed by atoms with Gasteiger partial charge in [0.05, 0.1) is 6.04 Å². The van der Waals surface area contributed by atoms with E-state index in [2.05, 4.69) is 23.3 Å². The van der Waals surface area contributed by atoms with Crippen LogP contribution in [-0.4, -0.2) is 65.3 Å². The molecule has 8 nitrogen and oxygen atoms in total. The minimum Gasteiger partial charge on any atom is -0.480 e. The SMILES string of the molecule is CSCC[C@H](N)C(=O)N[C@@H](CCCCN)C(=O)N[C@@H](CS)C(=O)O. The maximum atomic E-state index is 12.3. The van der Waals surface area contributed by atoms with Gasteiger partial charge in [-0.1, -0.05) is 0 Å².